The molecule has 94 valence electrons. The fraction of sp³-hybridized carbons (Fsp3) is 0.571. The largest absolute Gasteiger partial charge is 0.317 e. The number of nitrogens with one attached hydrogen (secondary N) is 1. The molecule has 0 unspecified atom stereocenters. The summed E-state index contributed by atoms with van der Waals surface area (Å²) in [5, 5.41) is 4.74. The van der Waals surface area contributed by atoms with Gasteiger partial charge in [0.2, 0.25) is 0 Å². The summed E-state index contributed by atoms with van der Waals surface area (Å²) in [5.41, 5.74) is 1.59. The first-order valence-electron chi connectivity index (χ1n) is 6.22. The molecule has 1 saturated heterocycles. The lowest BCUT2D eigenvalue weighted by molar-refractivity contribution is 0.228. The highest BCUT2D eigenvalue weighted by atomic mass is 35.5. The molecule has 3 heteroatoms. The zero-order valence-corrected chi connectivity index (χ0v) is 11.9. The van der Waals surface area contributed by atoms with Gasteiger partial charge in [-0.05, 0) is 49.5 Å². The predicted molar refractivity (Wildman–Crippen MR) is 75.1 cm³/mol. The first kappa shape index (κ1) is 13.2. The lowest BCUT2D eigenvalue weighted by Gasteiger charge is -2.42. The van der Waals surface area contributed by atoms with Crippen LogP contribution in [0, 0.1) is 5.92 Å². The molecule has 0 bridgehead atoms. The van der Waals surface area contributed by atoms with Crippen LogP contribution in [0.15, 0.2) is 18.2 Å². The van der Waals surface area contributed by atoms with Crippen molar-refractivity contribution >= 4 is 23.2 Å². The predicted octanol–water partition coefficient (Wildman–Crippen LogP) is 4.27. The van der Waals surface area contributed by atoms with Crippen LogP contribution < -0.4 is 5.32 Å². The molecule has 0 radical (unpaired) electrons. The molecule has 0 aromatic heterocycles. The smallest absolute Gasteiger partial charge is 0.0595 e. The van der Waals surface area contributed by atoms with E-state index >= 15 is 0 Å². The Balaban J connectivity index is 2.41. The Morgan fingerprint density at radius 2 is 1.76 bits per heavy atom. The van der Waals surface area contributed by atoms with Crippen molar-refractivity contribution in [2.24, 2.45) is 5.92 Å². The van der Waals surface area contributed by atoms with Crippen LogP contribution in [0.2, 0.25) is 10.0 Å². The first-order valence-corrected chi connectivity index (χ1v) is 6.98. The number of rotatable bonds is 2. The van der Waals surface area contributed by atoms with Gasteiger partial charge in [-0.15, -0.1) is 0 Å². The monoisotopic (exact) mass is 271 g/mol. The van der Waals surface area contributed by atoms with Gasteiger partial charge in [-0.2, -0.15) is 0 Å². The van der Waals surface area contributed by atoms with Crippen molar-refractivity contribution in [1.29, 1.82) is 0 Å². The van der Waals surface area contributed by atoms with Crippen molar-refractivity contribution < 1.29 is 0 Å². The third-order valence-corrected chi connectivity index (χ3v) is 4.83. The van der Waals surface area contributed by atoms with Gasteiger partial charge in [-0.25, -0.2) is 0 Å². The van der Waals surface area contributed by atoms with Crippen molar-refractivity contribution in [3.05, 3.63) is 33.8 Å². The van der Waals surface area contributed by atoms with Crippen molar-refractivity contribution in [1.82, 2.24) is 5.32 Å². The number of benzene rings is 1. The summed E-state index contributed by atoms with van der Waals surface area (Å²) in [6.45, 7) is 6.76. The molecule has 1 fully saturated rings. The summed E-state index contributed by atoms with van der Waals surface area (Å²) in [4.78, 5) is 0. The molecule has 1 aromatic carbocycles. The molecule has 1 N–H and O–H groups in total. The molecule has 1 heterocycles. The molecule has 1 nitrogen and oxygen atoms in total. The van der Waals surface area contributed by atoms with Crippen LogP contribution in [0.4, 0.5) is 0 Å². The van der Waals surface area contributed by atoms with Gasteiger partial charge in [0.25, 0.3) is 0 Å². The Labute approximate surface area is 114 Å². The normalized spacial score (nSPS) is 19.6. The van der Waals surface area contributed by atoms with Gasteiger partial charge >= 0.3 is 0 Å². The molecule has 0 saturated carbocycles. The van der Waals surface area contributed by atoms with E-state index in [4.69, 9.17) is 23.2 Å². The van der Waals surface area contributed by atoms with Crippen molar-refractivity contribution in [3.8, 4) is 0 Å². The van der Waals surface area contributed by atoms with Gasteiger partial charge in [-0.1, -0.05) is 43.1 Å². The van der Waals surface area contributed by atoms with Crippen LogP contribution in [-0.4, -0.2) is 13.1 Å². The lowest BCUT2D eigenvalue weighted by atomic mass is 9.66. The minimum absolute atomic E-state index is 0.249. The molecule has 0 aliphatic carbocycles. The second-order valence-corrected chi connectivity index (χ2v) is 6.00. The van der Waals surface area contributed by atoms with Crippen LogP contribution in [-0.2, 0) is 5.41 Å². The highest BCUT2D eigenvalue weighted by molar-refractivity contribution is 6.42. The van der Waals surface area contributed by atoms with E-state index in [0.717, 1.165) is 13.1 Å². The molecule has 0 amide bonds. The molecular weight excluding hydrogens is 253 g/mol. The zero-order chi connectivity index (χ0) is 12.5. The van der Waals surface area contributed by atoms with Gasteiger partial charge in [0.1, 0.15) is 0 Å². The third kappa shape index (κ3) is 2.47. The standard InChI is InChI=1S/C14H19Cl2N/c1-10(2)14(5-7-17-8-6-14)11-3-4-12(15)13(16)9-11/h3-4,9-10,17H,5-8H2,1-2H3. The summed E-state index contributed by atoms with van der Waals surface area (Å²) in [6.07, 6.45) is 2.34. The summed E-state index contributed by atoms with van der Waals surface area (Å²) in [5.74, 6) is 0.613. The van der Waals surface area contributed by atoms with Gasteiger partial charge in [-0.3, -0.25) is 0 Å². The average molecular weight is 272 g/mol. The van der Waals surface area contributed by atoms with E-state index in [1.807, 2.05) is 6.07 Å². The average Bonchev–Trinajstić information content (AvgIpc) is 2.33. The molecule has 1 aromatic rings. The molecule has 0 spiro atoms. The van der Waals surface area contributed by atoms with Crippen LogP contribution in [0.25, 0.3) is 0 Å². The first-order chi connectivity index (χ1) is 8.06. The van der Waals surface area contributed by atoms with Gasteiger partial charge < -0.3 is 5.32 Å². The van der Waals surface area contributed by atoms with Crippen LogP contribution in [0.3, 0.4) is 0 Å². The molecule has 2 rings (SSSR count). The van der Waals surface area contributed by atoms with E-state index < -0.39 is 0 Å². The van der Waals surface area contributed by atoms with Crippen LogP contribution in [0.5, 0.6) is 0 Å². The molecule has 1 aliphatic heterocycles. The fourth-order valence-electron chi connectivity index (χ4n) is 2.88. The molecule has 17 heavy (non-hydrogen) atoms. The maximum atomic E-state index is 6.15. The van der Waals surface area contributed by atoms with Crippen LogP contribution >= 0.6 is 23.2 Å². The minimum atomic E-state index is 0.249. The lowest BCUT2D eigenvalue weighted by Crippen LogP contribution is -2.43. The van der Waals surface area contributed by atoms with Crippen molar-refractivity contribution in [3.63, 3.8) is 0 Å². The second kappa shape index (κ2) is 5.17. The third-order valence-electron chi connectivity index (χ3n) is 4.10. The SMILES string of the molecule is CC(C)C1(c2ccc(Cl)c(Cl)c2)CCNCC1. The number of halogens is 2. The summed E-state index contributed by atoms with van der Waals surface area (Å²) < 4.78 is 0. The number of hydrogen-bond acceptors (Lipinski definition) is 1. The highest BCUT2D eigenvalue weighted by Gasteiger charge is 2.36. The molecular formula is C14H19Cl2N. The summed E-state index contributed by atoms with van der Waals surface area (Å²) in [7, 11) is 0. The Hall–Kier alpha value is -0.240. The van der Waals surface area contributed by atoms with Crippen molar-refractivity contribution in [2.75, 3.05) is 13.1 Å². The summed E-state index contributed by atoms with van der Waals surface area (Å²) in [6, 6.07) is 6.11. The van der Waals surface area contributed by atoms with Gasteiger partial charge in [0.15, 0.2) is 0 Å². The highest BCUT2D eigenvalue weighted by Crippen LogP contribution is 2.41. The van der Waals surface area contributed by atoms with E-state index in [0.29, 0.717) is 16.0 Å². The van der Waals surface area contributed by atoms with Gasteiger partial charge in [0, 0.05) is 5.41 Å². The van der Waals surface area contributed by atoms with E-state index in [1.54, 1.807) is 0 Å². The molecule has 1 aliphatic rings. The summed E-state index contributed by atoms with van der Waals surface area (Å²) >= 11 is 12.2. The van der Waals surface area contributed by atoms with Crippen molar-refractivity contribution in [2.45, 2.75) is 32.1 Å². The topological polar surface area (TPSA) is 12.0 Å². The Morgan fingerprint density at radius 1 is 1.12 bits per heavy atom. The van der Waals surface area contributed by atoms with E-state index in [2.05, 4.69) is 31.3 Å². The maximum Gasteiger partial charge on any atom is 0.0595 e. The Morgan fingerprint density at radius 3 is 2.29 bits per heavy atom. The second-order valence-electron chi connectivity index (χ2n) is 5.19. The van der Waals surface area contributed by atoms with Crippen LogP contribution in [0.1, 0.15) is 32.3 Å². The Kier molecular flexibility index (Phi) is 4.02. The van der Waals surface area contributed by atoms with E-state index in [1.165, 1.54) is 18.4 Å². The minimum Gasteiger partial charge on any atom is -0.317 e. The van der Waals surface area contributed by atoms with E-state index in [9.17, 15) is 0 Å². The van der Waals surface area contributed by atoms with Gasteiger partial charge in [0.05, 0.1) is 10.0 Å². The van der Waals surface area contributed by atoms with E-state index in [-0.39, 0.29) is 5.41 Å². The maximum absolute atomic E-state index is 6.15. The number of piperidine rings is 1. The fourth-order valence-corrected chi connectivity index (χ4v) is 3.18. The zero-order valence-electron chi connectivity index (χ0n) is 10.4. The number of hydrogen-bond donors (Lipinski definition) is 1. The molecule has 0 atom stereocenters. The Bertz CT molecular complexity index is 395. The quantitative estimate of drug-likeness (QED) is 0.847.